The molecule has 2 aromatic carbocycles. The van der Waals surface area contributed by atoms with Gasteiger partial charge in [0.25, 0.3) is 0 Å². The average molecular weight is 346 g/mol. The summed E-state index contributed by atoms with van der Waals surface area (Å²) < 4.78 is 6.81. The van der Waals surface area contributed by atoms with Crippen LogP contribution in [0.1, 0.15) is 11.1 Å². The Bertz CT molecular complexity index is 543. The first-order valence-corrected chi connectivity index (χ1v) is 7.12. The normalized spacial score (nSPS) is 10.4. The zero-order chi connectivity index (χ0) is 13.0. The third kappa shape index (κ3) is 3.41. The minimum absolute atomic E-state index is 0.381. The molecule has 0 heterocycles. The maximum absolute atomic E-state index is 5.92. The Hall–Kier alpha value is -0.700. The lowest BCUT2D eigenvalue weighted by atomic mass is 10.2. The smallest absolute Gasteiger partial charge is 0.124 e. The van der Waals surface area contributed by atoms with E-state index < -0.39 is 0 Å². The lowest BCUT2D eigenvalue weighted by molar-refractivity contribution is 0.303. The molecule has 0 saturated carbocycles. The fourth-order valence-corrected chi connectivity index (χ4v) is 2.37. The van der Waals surface area contributed by atoms with Crippen molar-refractivity contribution < 1.29 is 4.74 Å². The second kappa shape index (κ2) is 6.46. The van der Waals surface area contributed by atoms with Crippen LogP contribution in [0.4, 0.5) is 0 Å². The van der Waals surface area contributed by atoms with Crippen LogP contribution in [0.3, 0.4) is 0 Å². The maximum Gasteiger partial charge on any atom is 0.124 e. The molecule has 0 aliphatic heterocycles. The largest absolute Gasteiger partial charge is 0.489 e. The summed E-state index contributed by atoms with van der Waals surface area (Å²) in [6, 6.07) is 13.4. The molecular formula is C14H11BrCl2O. The van der Waals surface area contributed by atoms with Crippen molar-refractivity contribution in [1.29, 1.82) is 0 Å². The van der Waals surface area contributed by atoms with Crippen molar-refractivity contribution in [3.05, 3.63) is 63.1 Å². The van der Waals surface area contributed by atoms with E-state index in [0.717, 1.165) is 21.3 Å². The predicted octanol–water partition coefficient (Wildman–Crippen LogP) is 5.42. The van der Waals surface area contributed by atoms with Crippen LogP contribution in [0.5, 0.6) is 5.75 Å². The minimum Gasteiger partial charge on any atom is -0.489 e. The number of halogens is 3. The first kappa shape index (κ1) is 13.7. The molecule has 0 spiro atoms. The summed E-state index contributed by atoms with van der Waals surface area (Å²) in [7, 11) is 0. The van der Waals surface area contributed by atoms with Crippen molar-refractivity contribution in [3.63, 3.8) is 0 Å². The molecule has 0 unspecified atom stereocenters. The summed E-state index contributed by atoms with van der Waals surface area (Å²) in [5.41, 5.74) is 1.99. The monoisotopic (exact) mass is 344 g/mol. The van der Waals surface area contributed by atoms with Crippen LogP contribution in [0.2, 0.25) is 5.02 Å². The number of ether oxygens (including phenoxy) is 1. The summed E-state index contributed by atoms with van der Waals surface area (Å²) in [5.74, 6) is 1.15. The molecule has 0 aliphatic carbocycles. The topological polar surface area (TPSA) is 9.23 Å². The number of hydrogen-bond acceptors (Lipinski definition) is 1. The lowest BCUT2D eigenvalue weighted by Crippen LogP contribution is -1.98. The molecule has 4 heteroatoms. The van der Waals surface area contributed by atoms with Crippen LogP contribution < -0.4 is 4.74 Å². The molecule has 2 aromatic rings. The zero-order valence-corrected chi connectivity index (χ0v) is 12.6. The molecule has 0 aromatic heterocycles. The highest BCUT2D eigenvalue weighted by molar-refractivity contribution is 9.10. The molecule has 0 aliphatic rings. The molecule has 1 nitrogen and oxygen atoms in total. The van der Waals surface area contributed by atoms with E-state index in [2.05, 4.69) is 15.9 Å². The van der Waals surface area contributed by atoms with E-state index in [1.165, 1.54) is 0 Å². The van der Waals surface area contributed by atoms with E-state index in [9.17, 15) is 0 Å². The van der Waals surface area contributed by atoms with E-state index in [4.69, 9.17) is 27.9 Å². The highest BCUT2D eigenvalue weighted by Crippen LogP contribution is 2.26. The molecule has 0 saturated heterocycles. The van der Waals surface area contributed by atoms with Crippen molar-refractivity contribution in [1.82, 2.24) is 0 Å². The van der Waals surface area contributed by atoms with E-state index in [1.54, 1.807) is 6.07 Å². The van der Waals surface area contributed by atoms with Gasteiger partial charge in [0.05, 0.1) is 5.88 Å². The van der Waals surface area contributed by atoms with Gasteiger partial charge in [0.2, 0.25) is 0 Å². The quantitative estimate of drug-likeness (QED) is 0.672. The SMILES string of the molecule is ClCc1cc(Cl)ccc1OCc1ccccc1Br. The number of benzene rings is 2. The zero-order valence-electron chi connectivity index (χ0n) is 9.50. The standard InChI is InChI=1S/C14H11BrCl2O/c15-13-4-2-1-3-10(13)9-18-14-6-5-12(17)7-11(14)8-16/h1-7H,8-9H2. The van der Waals surface area contributed by atoms with Gasteiger partial charge in [-0.25, -0.2) is 0 Å². The summed E-state index contributed by atoms with van der Waals surface area (Å²) in [6.45, 7) is 0.493. The summed E-state index contributed by atoms with van der Waals surface area (Å²) in [5, 5.41) is 0.666. The summed E-state index contributed by atoms with van der Waals surface area (Å²) in [6.07, 6.45) is 0. The Kier molecular flexibility index (Phi) is 4.93. The molecule has 0 atom stereocenters. The van der Waals surface area contributed by atoms with Crippen molar-refractivity contribution in [2.45, 2.75) is 12.5 Å². The predicted molar refractivity (Wildman–Crippen MR) is 79.5 cm³/mol. The second-order valence-electron chi connectivity index (χ2n) is 3.77. The third-order valence-corrected chi connectivity index (χ3v) is 3.80. The Balaban J connectivity index is 2.13. The number of alkyl halides is 1. The third-order valence-electron chi connectivity index (χ3n) is 2.51. The van der Waals surface area contributed by atoms with Crippen LogP contribution in [0, 0.1) is 0 Å². The highest BCUT2D eigenvalue weighted by atomic mass is 79.9. The average Bonchev–Trinajstić information content (AvgIpc) is 2.39. The first-order valence-electron chi connectivity index (χ1n) is 5.41. The van der Waals surface area contributed by atoms with Gasteiger partial charge in [-0.15, -0.1) is 11.6 Å². The van der Waals surface area contributed by atoms with Gasteiger partial charge in [0, 0.05) is 20.6 Å². The molecule has 0 amide bonds. The van der Waals surface area contributed by atoms with E-state index in [-0.39, 0.29) is 0 Å². The molecule has 2 rings (SSSR count). The Morgan fingerprint density at radius 1 is 1.06 bits per heavy atom. The molecule has 0 radical (unpaired) electrons. The van der Waals surface area contributed by atoms with Crippen molar-refractivity contribution in [2.75, 3.05) is 0 Å². The summed E-state index contributed by atoms with van der Waals surface area (Å²) >= 11 is 15.3. The van der Waals surface area contributed by atoms with Crippen molar-refractivity contribution >= 4 is 39.1 Å². The molecule has 0 fully saturated rings. The fraction of sp³-hybridized carbons (Fsp3) is 0.143. The van der Waals surface area contributed by atoms with Gasteiger partial charge in [0.1, 0.15) is 12.4 Å². The Labute approximate surface area is 125 Å². The van der Waals surface area contributed by atoms with Crippen molar-refractivity contribution in [2.24, 2.45) is 0 Å². The molecule has 0 bridgehead atoms. The van der Waals surface area contributed by atoms with Gasteiger partial charge in [-0.1, -0.05) is 45.7 Å². The van der Waals surface area contributed by atoms with Gasteiger partial charge in [0.15, 0.2) is 0 Å². The maximum atomic E-state index is 5.92. The fourth-order valence-electron chi connectivity index (χ4n) is 1.56. The number of rotatable bonds is 4. The molecule has 94 valence electrons. The van der Waals surface area contributed by atoms with Crippen LogP contribution in [0.15, 0.2) is 46.9 Å². The van der Waals surface area contributed by atoms with E-state index >= 15 is 0 Å². The Morgan fingerprint density at radius 2 is 1.83 bits per heavy atom. The van der Waals surface area contributed by atoms with Crippen LogP contribution >= 0.6 is 39.1 Å². The summed E-state index contributed by atoms with van der Waals surface area (Å²) in [4.78, 5) is 0. The number of hydrogen-bond donors (Lipinski definition) is 0. The van der Waals surface area contributed by atoms with Gasteiger partial charge >= 0.3 is 0 Å². The molecule has 0 N–H and O–H groups in total. The van der Waals surface area contributed by atoms with Crippen LogP contribution in [-0.4, -0.2) is 0 Å². The molecular weight excluding hydrogens is 335 g/mol. The lowest BCUT2D eigenvalue weighted by Gasteiger charge is -2.11. The highest BCUT2D eigenvalue weighted by Gasteiger charge is 2.05. The van der Waals surface area contributed by atoms with Crippen molar-refractivity contribution in [3.8, 4) is 5.75 Å². The molecule has 18 heavy (non-hydrogen) atoms. The van der Waals surface area contributed by atoms with Gasteiger partial charge in [-0.2, -0.15) is 0 Å². The van der Waals surface area contributed by atoms with Gasteiger partial charge < -0.3 is 4.74 Å². The van der Waals surface area contributed by atoms with Crippen LogP contribution in [0.25, 0.3) is 0 Å². The van der Waals surface area contributed by atoms with Crippen LogP contribution in [-0.2, 0) is 12.5 Å². The second-order valence-corrected chi connectivity index (χ2v) is 5.32. The minimum atomic E-state index is 0.381. The van der Waals surface area contributed by atoms with E-state index in [0.29, 0.717) is 17.5 Å². The first-order chi connectivity index (χ1) is 8.70. The van der Waals surface area contributed by atoms with Gasteiger partial charge in [-0.3, -0.25) is 0 Å². The van der Waals surface area contributed by atoms with Gasteiger partial charge in [-0.05, 0) is 24.3 Å². The Morgan fingerprint density at radius 3 is 2.56 bits per heavy atom. The van der Waals surface area contributed by atoms with E-state index in [1.807, 2.05) is 36.4 Å².